The van der Waals surface area contributed by atoms with Crippen molar-refractivity contribution in [2.24, 2.45) is 5.14 Å². The molecule has 1 aromatic heterocycles. The van der Waals surface area contributed by atoms with Crippen LogP contribution in [0.5, 0.6) is 0 Å². The molecule has 0 aliphatic rings. The smallest absolute Gasteiger partial charge is 0.238 e. The van der Waals surface area contributed by atoms with Crippen molar-refractivity contribution < 1.29 is 13.2 Å². The average molecular weight is 447 g/mol. The highest BCUT2D eigenvalue weighted by Gasteiger charge is 2.16. The van der Waals surface area contributed by atoms with Gasteiger partial charge in [0, 0.05) is 13.1 Å². The fourth-order valence-corrected chi connectivity index (χ4v) is 4.40. The minimum atomic E-state index is -3.80. The number of aromatic nitrogens is 2. The Kier molecular flexibility index (Phi) is 7.17. The van der Waals surface area contributed by atoms with E-state index in [1.165, 1.54) is 29.5 Å². The number of aryl methyl sites for hydroxylation is 2. The Morgan fingerprint density at radius 3 is 2.60 bits per heavy atom. The second-order valence-electron chi connectivity index (χ2n) is 7.15. The van der Waals surface area contributed by atoms with Crippen LogP contribution in [0.4, 0.5) is 0 Å². The molecule has 0 unspecified atom stereocenters. The maximum Gasteiger partial charge on any atom is 0.238 e. The lowest BCUT2D eigenvalue weighted by Crippen LogP contribution is -2.24. The summed E-state index contributed by atoms with van der Waals surface area (Å²) in [5, 5.41) is 8.85. The molecule has 0 atom stereocenters. The van der Waals surface area contributed by atoms with E-state index in [1.54, 1.807) is 6.07 Å². The molecule has 3 N–H and O–H groups in total. The number of imidazole rings is 1. The van der Waals surface area contributed by atoms with Gasteiger partial charge in [0.05, 0.1) is 21.7 Å². The molecule has 1 amide bonds. The average Bonchev–Trinajstić information content (AvgIpc) is 3.06. The lowest BCUT2D eigenvalue weighted by molar-refractivity contribution is -0.118. The predicted octanol–water partition coefficient (Wildman–Crippen LogP) is 3.20. The van der Waals surface area contributed by atoms with E-state index in [4.69, 9.17) is 5.14 Å². The third-order valence-electron chi connectivity index (χ3n) is 4.69. The number of sulfonamides is 1. The second-order valence-corrected chi connectivity index (χ2v) is 9.65. The van der Waals surface area contributed by atoms with Gasteiger partial charge in [-0.15, -0.1) is 0 Å². The number of fused-ring (bicyclic) bond motifs is 1. The number of amides is 1. The number of nitrogens with two attached hydrogens (primary N) is 1. The number of hydrogen-bond donors (Lipinski definition) is 2. The number of nitrogens with zero attached hydrogens (tertiary/aromatic N) is 2. The van der Waals surface area contributed by atoms with Gasteiger partial charge in [0.15, 0.2) is 5.16 Å². The predicted molar refractivity (Wildman–Crippen MR) is 120 cm³/mol. The third kappa shape index (κ3) is 5.62. The summed E-state index contributed by atoms with van der Waals surface area (Å²) < 4.78 is 25.3. The summed E-state index contributed by atoms with van der Waals surface area (Å²) in [4.78, 5) is 16.9. The van der Waals surface area contributed by atoms with Crippen molar-refractivity contribution in [2.45, 2.75) is 49.8 Å². The number of carbonyl (C=O) groups excluding carboxylic acids is 1. The third-order valence-corrected chi connectivity index (χ3v) is 6.58. The number of rotatable bonds is 9. The molecule has 0 radical (unpaired) electrons. The van der Waals surface area contributed by atoms with Crippen molar-refractivity contribution in [3.63, 3.8) is 0 Å². The van der Waals surface area contributed by atoms with Crippen LogP contribution in [0.2, 0.25) is 0 Å². The van der Waals surface area contributed by atoms with E-state index in [0.29, 0.717) is 17.2 Å². The first-order valence-electron chi connectivity index (χ1n) is 9.76. The fourth-order valence-electron chi connectivity index (χ4n) is 2.99. The van der Waals surface area contributed by atoms with Gasteiger partial charge in [0.2, 0.25) is 15.9 Å². The summed E-state index contributed by atoms with van der Waals surface area (Å²) in [5.41, 5.74) is 3.61. The van der Waals surface area contributed by atoms with Gasteiger partial charge in [0.1, 0.15) is 0 Å². The molecule has 160 valence electrons. The number of nitrogens with one attached hydrogen (secondary N) is 1. The molecule has 1 heterocycles. The Bertz CT molecular complexity index is 1140. The molecule has 0 bridgehead atoms. The lowest BCUT2D eigenvalue weighted by atomic mass is 10.1. The van der Waals surface area contributed by atoms with E-state index >= 15 is 0 Å². The van der Waals surface area contributed by atoms with E-state index in [1.807, 2.05) is 35.8 Å². The minimum Gasteiger partial charge on any atom is -0.351 e. The molecule has 0 fully saturated rings. The number of hydrogen-bond acceptors (Lipinski definition) is 5. The van der Waals surface area contributed by atoms with Gasteiger partial charge in [-0.1, -0.05) is 54.9 Å². The molecule has 3 rings (SSSR count). The zero-order valence-electron chi connectivity index (χ0n) is 17.1. The fraction of sp³-hybridized carbons (Fsp3) is 0.333. The van der Waals surface area contributed by atoms with Crippen LogP contribution >= 0.6 is 11.8 Å². The molecule has 3 aromatic rings. The van der Waals surface area contributed by atoms with Crippen LogP contribution in [0.15, 0.2) is 52.5 Å². The topological polar surface area (TPSA) is 107 Å². The SMILES string of the molecule is CCCCn1c(SCC(=O)NCc2ccc(C)cc2)nc2cc(S(N)(=O)=O)ccc21. The summed E-state index contributed by atoms with van der Waals surface area (Å²) in [6.07, 6.45) is 1.96. The highest BCUT2D eigenvalue weighted by atomic mass is 32.2. The summed E-state index contributed by atoms with van der Waals surface area (Å²) in [6, 6.07) is 12.7. The van der Waals surface area contributed by atoms with E-state index < -0.39 is 10.0 Å². The molecule has 7 nitrogen and oxygen atoms in total. The molecule has 0 aliphatic heterocycles. The first-order valence-corrected chi connectivity index (χ1v) is 12.3. The number of thioether (sulfide) groups is 1. The molecule has 0 aliphatic carbocycles. The van der Waals surface area contributed by atoms with Gasteiger partial charge in [-0.2, -0.15) is 0 Å². The highest BCUT2D eigenvalue weighted by Crippen LogP contribution is 2.26. The van der Waals surface area contributed by atoms with Gasteiger partial charge in [-0.25, -0.2) is 18.5 Å². The number of unbranched alkanes of at least 4 members (excludes halogenated alkanes) is 1. The Morgan fingerprint density at radius 1 is 1.20 bits per heavy atom. The molecule has 0 saturated heterocycles. The monoisotopic (exact) mass is 446 g/mol. The standard InChI is InChI=1S/C21H26N4O3S2/c1-3-4-11-25-19-10-9-17(30(22,27)28)12-18(19)24-21(25)29-14-20(26)23-13-16-7-5-15(2)6-8-16/h5-10,12H,3-4,11,13-14H2,1-2H3,(H,23,26)(H2,22,27,28). The van der Waals surface area contributed by atoms with Crippen molar-refractivity contribution in [3.05, 3.63) is 53.6 Å². The summed E-state index contributed by atoms with van der Waals surface area (Å²) in [7, 11) is -3.80. The Balaban J connectivity index is 1.73. The Hall–Kier alpha value is -2.36. The van der Waals surface area contributed by atoms with Crippen molar-refractivity contribution >= 4 is 38.7 Å². The Labute approximate surface area is 181 Å². The van der Waals surface area contributed by atoms with Crippen LogP contribution in [0.1, 0.15) is 30.9 Å². The highest BCUT2D eigenvalue weighted by molar-refractivity contribution is 7.99. The van der Waals surface area contributed by atoms with Crippen LogP contribution in [0.25, 0.3) is 11.0 Å². The molecule has 2 aromatic carbocycles. The molecular formula is C21H26N4O3S2. The Morgan fingerprint density at radius 2 is 1.93 bits per heavy atom. The van der Waals surface area contributed by atoms with Crippen LogP contribution in [0.3, 0.4) is 0 Å². The van der Waals surface area contributed by atoms with Gasteiger partial charge < -0.3 is 9.88 Å². The summed E-state index contributed by atoms with van der Waals surface area (Å²) in [5.74, 6) is 0.142. The van der Waals surface area contributed by atoms with Gasteiger partial charge >= 0.3 is 0 Å². The van der Waals surface area contributed by atoms with E-state index in [0.717, 1.165) is 30.5 Å². The number of primary sulfonamides is 1. The first kappa shape index (κ1) is 22.3. The molecule has 0 spiro atoms. The quantitative estimate of drug-likeness (QED) is 0.491. The van der Waals surface area contributed by atoms with Gasteiger partial charge in [0.25, 0.3) is 0 Å². The van der Waals surface area contributed by atoms with Gasteiger partial charge in [-0.3, -0.25) is 4.79 Å². The van der Waals surface area contributed by atoms with Crippen LogP contribution in [-0.4, -0.2) is 29.6 Å². The van der Waals surface area contributed by atoms with Crippen molar-refractivity contribution in [3.8, 4) is 0 Å². The first-order chi connectivity index (χ1) is 14.3. The van der Waals surface area contributed by atoms with Crippen LogP contribution in [-0.2, 0) is 27.9 Å². The van der Waals surface area contributed by atoms with Gasteiger partial charge in [-0.05, 0) is 37.1 Å². The second kappa shape index (κ2) is 9.63. The summed E-state index contributed by atoms with van der Waals surface area (Å²) in [6.45, 7) is 5.35. The lowest BCUT2D eigenvalue weighted by Gasteiger charge is -2.09. The van der Waals surface area contributed by atoms with E-state index in [2.05, 4.69) is 17.2 Å². The number of carbonyl (C=O) groups is 1. The van der Waals surface area contributed by atoms with E-state index in [-0.39, 0.29) is 16.6 Å². The molecular weight excluding hydrogens is 420 g/mol. The molecule has 9 heteroatoms. The van der Waals surface area contributed by atoms with Crippen LogP contribution in [0, 0.1) is 6.92 Å². The largest absolute Gasteiger partial charge is 0.351 e. The molecule has 0 saturated carbocycles. The van der Waals surface area contributed by atoms with Crippen molar-refractivity contribution in [2.75, 3.05) is 5.75 Å². The normalized spacial score (nSPS) is 11.7. The zero-order chi connectivity index (χ0) is 21.7. The summed E-state index contributed by atoms with van der Waals surface area (Å²) >= 11 is 1.34. The van der Waals surface area contributed by atoms with Crippen LogP contribution < -0.4 is 10.5 Å². The van der Waals surface area contributed by atoms with Crippen molar-refractivity contribution in [1.29, 1.82) is 0 Å². The minimum absolute atomic E-state index is 0.0301. The molecule has 30 heavy (non-hydrogen) atoms. The maximum atomic E-state index is 12.3. The van der Waals surface area contributed by atoms with E-state index in [9.17, 15) is 13.2 Å². The zero-order valence-corrected chi connectivity index (χ0v) is 18.7. The number of benzene rings is 2. The van der Waals surface area contributed by atoms with Crippen molar-refractivity contribution in [1.82, 2.24) is 14.9 Å². The maximum absolute atomic E-state index is 12.3.